The summed E-state index contributed by atoms with van der Waals surface area (Å²) in [6.45, 7) is 1.86. The number of aromatic amines is 1. The van der Waals surface area contributed by atoms with Crippen molar-refractivity contribution in [1.29, 1.82) is 0 Å². The van der Waals surface area contributed by atoms with E-state index in [2.05, 4.69) is 9.97 Å². The van der Waals surface area contributed by atoms with E-state index in [1.54, 1.807) is 12.4 Å². The molecule has 0 saturated heterocycles. The number of nitrogens with zero attached hydrogens (tertiary/aromatic N) is 2. The van der Waals surface area contributed by atoms with Crippen LogP contribution in [-0.2, 0) is 0 Å². The van der Waals surface area contributed by atoms with Gasteiger partial charge in [-0.2, -0.15) is 0 Å². The van der Waals surface area contributed by atoms with Gasteiger partial charge in [0.2, 0.25) is 5.78 Å². The van der Waals surface area contributed by atoms with E-state index in [1.807, 2.05) is 11.3 Å². The fraction of sp³-hybridized carbons (Fsp3) is 0.143. The summed E-state index contributed by atoms with van der Waals surface area (Å²) in [7, 11) is 0. The molecule has 0 spiro atoms. The van der Waals surface area contributed by atoms with Crippen LogP contribution < -0.4 is 5.56 Å². The Balaban J connectivity index is 3.02. The number of fused-ring (bicyclic) bond motifs is 1. The number of imidazole rings is 1. The Bertz CT molecular complexity index is 440. The summed E-state index contributed by atoms with van der Waals surface area (Å²) >= 11 is 0. The summed E-state index contributed by atoms with van der Waals surface area (Å²) in [5, 5.41) is 0. The fourth-order valence-electron chi connectivity index (χ4n) is 1.09. The van der Waals surface area contributed by atoms with Gasteiger partial charge in [0.15, 0.2) is 0 Å². The van der Waals surface area contributed by atoms with Crippen molar-refractivity contribution in [3.05, 3.63) is 34.5 Å². The van der Waals surface area contributed by atoms with E-state index in [0.717, 1.165) is 5.69 Å². The third-order valence-corrected chi connectivity index (χ3v) is 1.60. The van der Waals surface area contributed by atoms with Crippen LogP contribution in [0.3, 0.4) is 0 Å². The highest BCUT2D eigenvalue weighted by atomic mass is 16.1. The molecule has 4 heteroatoms. The van der Waals surface area contributed by atoms with E-state index in [-0.39, 0.29) is 5.56 Å². The maximum absolute atomic E-state index is 10.9. The van der Waals surface area contributed by atoms with Gasteiger partial charge in [-0.25, -0.2) is 4.98 Å². The second-order valence-corrected chi connectivity index (χ2v) is 2.40. The molecule has 0 aliphatic rings. The minimum atomic E-state index is -0.110. The number of H-pyrrole nitrogens is 1. The molecular weight excluding hydrogens is 142 g/mol. The highest BCUT2D eigenvalue weighted by molar-refractivity contribution is 5.28. The van der Waals surface area contributed by atoms with Crippen LogP contribution in [0.15, 0.2) is 23.3 Å². The van der Waals surface area contributed by atoms with Crippen molar-refractivity contribution < 1.29 is 0 Å². The molecule has 0 aliphatic carbocycles. The maximum atomic E-state index is 10.9. The summed E-state index contributed by atoms with van der Waals surface area (Å²) in [4.78, 5) is 17.4. The molecule has 0 aromatic carbocycles. The van der Waals surface area contributed by atoms with Gasteiger partial charge in [-0.1, -0.05) is 0 Å². The summed E-state index contributed by atoms with van der Waals surface area (Å²) in [6, 6.07) is 1.54. The summed E-state index contributed by atoms with van der Waals surface area (Å²) in [5.41, 5.74) is 0.780. The predicted molar refractivity (Wildman–Crippen MR) is 40.5 cm³/mol. The average molecular weight is 149 g/mol. The summed E-state index contributed by atoms with van der Waals surface area (Å²) in [6.07, 6.45) is 3.46. The van der Waals surface area contributed by atoms with Gasteiger partial charge >= 0.3 is 0 Å². The van der Waals surface area contributed by atoms with Crippen LogP contribution in [0, 0.1) is 6.92 Å². The number of aryl methyl sites for hydroxylation is 1. The zero-order chi connectivity index (χ0) is 7.84. The maximum Gasteiger partial charge on any atom is 0.252 e. The predicted octanol–water partition coefficient (Wildman–Crippen LogP) is 0.331. The Morgan fingerprint density at radius 1 is 1.64 bits per heavy atom. The molecule has 0 aliphatic heterocycles. The topological polar surface area (TPSA) is 50.2 Å². The molecule has 2 heterocycles. The highest BCUT2D eigenvalue weighted by Gasteiger charge is 1.96. The average Bonchev–Trinajstić information content (AvgIpc) is 2.34. The van der Waals surface area contributed by atoms with Crippen LogP contribution >= 0.6 is 0 Å². The zero-order valence-electron chi connectivity index (χ0n) is 6.03. The molecule has 11 heavy (non-hydrogen) atoms. The SMILES string of the molecule is Cc1cc(=O)[nH]c2nccn12. The number of rotatable bonds is 0. The van der Waals surface area contributed by atoms with E-state index in [4.69, 9.17) is 0 Å². The van der Waals surface area contributed by atoms with Gasteiger partial charge in [0.05, 0.1) is 0 Å². The molecule has 56 valence electrons. The van der Waals surface area contributed by atoms with Crippen molar-refractivity contribution in [3.63, 3.8) is 0 Å². The van der Waals surface area contributed by atoms with E-state index < -0.39 is 0 Å². The Morgan fingerprint density at radius 2 is 2.45 bits per heavy atom. The third-order valence-electron chi connectivity index (χ3n) is 1.60. The van der Waals surface area contributed by atoms with Gasteiger partial charge in [-0.3, -0.25) is 14.2 Å². The van der Waals surface area contributed by atoms with Crippen LogP contribution in [-0.4, -0.2) is 14.4 Å². The number of hydrogen-bond donors (Lipinski definition) is 1. The van der Waals surface area contributed by atoms with Crippen LogP contribution in [0.2, 0.25) is 0 Å². The zero-order valence-corrected chi connectivity index (χ0v) is 6.03. The van der Waals surface area contributed by atoms with E-state index in [9.17, 15) is 4.79 Å². The van der Waals surface area contributed by atoms with Crippen LogP contribution in [0.25, 0.3) is 5.78 Å². The molecule has 0 fully saturated rings. The normalized spacial score (nSPS) is 10.6. The van der Waals surface area contributed by atoms with Crippen molar-refractivity contribution in [2.45, 2.75) is 6.92 Å². The largest absolute Gasteiger partial charge is 0.292 e. The molecule has 1 N–H and O–H groups in total. The Hall–Kier alpha value is -1.58. The second kappa shape index (κ2) is 1.95. The molecule has 0 radical (unpaired) electrons. The van der Waals surface area contributed by atoms with Crippen molar-refractivity contribution in [1.82, 2.24) is 14.4 Å². The molecular formula is C7H7N3O. The monoisotopic (exact) mass is 149 g/mol. The van der Waals surface area contributed by atoms with Gasteiger partial charge in [0, 0.05) is 24.2 Å². The quantitative estimate of drug-likeness (QED) is 0.586. The molecule has 0 saturated carbocycles. The lowest BCUT2D eigenvalue weighted by atomic mass is 10.4. The number of aromatic nitrogens is 3. The smallest absolute Gasteiger partial charge is 0.252 e. The Morgan fingerprint density at radius 3 is 3.27 bits per heavy atom. The van der Waals surface area contributed by atoms with Crippen molar-refractivity contribution in [2.75, 3.05) is 0 Å². The first-order valence-electron chi connectivity index (χ1n) is 3.30. The first-order valence-corrected chi connectivity index (χ1v) is 3.30. The summed E-state index contributed by atoms with van der Waals surface area (Å²) in [5.74, 6) is 0.593. The first-order chi connectivity index (χ1) is 5.27. The van der Waals surface area contributed by atoms with E-state index in [1.165, 1.54) is 6.07 Å². The molecule has 2 rings (SSSR count). The molecule has 4 nitrogen and oxygen atoms in total. The molecule has 0 unspecified atom stereocenters. The lowest BCUT2D eigenvalue weighted by Crippen LogP contribution is -2.08. The Kier molecular flexibility index (Phi) is 1.09. The van der Waals surface area contributed by atoms with Crippen LogP contribution in [0.5, 0.6) is 0 Å². The third kappa shape index (κ3) is 0.832. The molecule has 0 amide bonds. The van der Waals surface area contributed by atoms with Crippen molar-refractivity contribution >= 4 is 5.78 Å². The highest BCUT2D eigenvalue weighted by Crippen LogP contribution is 1.96. The summed E-state index contributed by atoms with van der Waals surface area (Å²) < 4.78 is 1.82. The minimum Gasteiger partial charge on any atom is -0.292 e. The van der Waals surface area contributed by atoms with Gasteiger partial charge < -0.3 is 0 Å². The van der Waals surface area contributed by atoms with E-state index in [0.29, 0.717) is 5.78 Å². The van der Waals surface area contributed by atoms with Gasteiger partial charge in [-0.15, -0.1) is 0 Å². The number of nitrogens with one attached hydrogen (secondary N) is 1. The second-order valence-electron chi connectivity index (χ2n) is 2.40. The number of hydrogen-bond acceptors (Lipinski definition) is 2. The van der Waals surface area contributed by atoms with Gasteiger partial charge in [0.25, 0.3) is 5.56 Å². The van der Waals surface area contributed by atoms with E-state index >= 15 is 0 Å². The van der Waals surface area contributed by atoms with Crippen molar-refractivity contribution in [3.8, 4) is 0 Å². The molecule has 0 atom stereocenters. The van der Waals surface area contributed by atoms with Crippen LogP contribution in [0.1, 0.15) is 5.69 Å². The molecule has 0 bridgehead atoms. The molecule has 2 aromatic heterocycles. The van der Waals surface area contributed by atoms with Crippen molar-refractivity contribution in [2.24, 2.45) is 0 Å². The Labute approximate surface area is 62.5 Å². The minimum absolute atomic E-state index is 0.110. The van der Waals surface area contributed by atoms with Gasteiger partial charge in [0.1, 0.15) is 0 Å². The molecule has 2 aromatic rings. The fourth-order valence-corrected chi connectivity index (χ4v) is 1.09. The lowest BCUT2D eigenvalue weighted by molar-refractivity contribution is 1.02. The van der Waals surface area contributed by atoms with Gasteiger partial charge in [-0.05, 0) is 6.92 Å². The first kappa shape index (κ1) is 6.15. The van der Waals surface area contributed by atoms with Crippen LogP contribution in [0.4, 0.5) is 0 Å². The lowest BCUT2D eigenvalue weighted by Gasteiger charge is -1.95. The standard InChI is InChI=1S/C7H7N3O/c1-5-4-6(11)9-7-8-2-3-10(5)7/h2-4H,1H3,(H,8,9,11).